The van der Waals surface area contributed by atoms with Crippen molar-refractivity contribution in [1.29, 1.82) is 0 Å². The van der Waals surface area contributed by atoms with Gasteiger partial charge >= 0.3 is 0 Å². The predicted molar refractivity (Wildman–Crippen MR) is 150 cm³/mol. The van der Waals surface area contributed by atoms with Crippen LogP contribution in [0.1, 0.15) is 19.3 Å². The number of nitrogens with zero attached hydrogens (tertiary/aromatic N) is 2. The summed E-state index contributed by atoms with van der Waals surface area (Å²) in [7, 11) is 0. The highest BCUT2D eigenvalue weighted by atomic mass is 15.1. The topological polar surface area (TPSA) is 6.48 Å². The van der Waals surface area contributed by atoms with Crippen LogP contribution in [0.15, 0.2) is 145 Å². The van der Waals surface area contributed by atoms with Gasteiger partial charge in [0, 0.05) is 35.8 Å². The van der Waals surface area contributed by atoms with E-state index in [0.717, 1.165) is 32.4 Å². The first-order valence-corrected chi connectivity index (χ1v) is 12.5. The Labute approximate surface area is 209 Å². The fraction of sp³-hybridized carbons (Fsp3) is 0.152. The maximum Gasteiger partial charge on any atom is 0.0444 e. The van der Waals surface area contributed by atoms with Crippen LogP contribution in [0.25, 0.3) is 0 Å². The molecule has 0 N–H and O–H groups in total. The van der Waals surface area contributed by atoms with Gasteiger partial charge in [0.15, 0.2) is 0 Å². The van der Waals surface area contributed by atoms with E-state index in [2.05, 4.69) is 143 Å². The number of benzene rings is 4. The van der Waals surface area contributed by atoms with Crippen LogP contribution in [0, 0.1) is 0 Å². The van der Waals surface area contributed by atoms with Crippen LogP contribution >= 0.6 is 0 Å². The molecule has 2 heteroatoms. The van der Waals surface area contributed by atoms with Crippen molar-refractivity contribution in [2.24, 2.45) is 0 Å². The summed E-state index contributed by atoms with van der Waals surface area (Å²) < 4.78 is 0. The lowest BCUT2D eigenvalue weighted by atomic mass is 10.1. The average molecular weight is 457 g/mol. The lowest BCUT2D eigenvalue weighted by Gasteiger charge is -2.25. The highest BCUT2D eigenvalue weighted by molar-refractivity contribution is 5.65. The van der Waals surface area contributed by atoms with Gasteiger partial charge in [0.1, 0.15) is 0 Å². The first-order chi connectivity index (χ1) is 17.4. The molecule has 0 radical (unpaired) electrons. The van der Waals surface area contributed by atoms with E-state index in [1.54, 1.807) is 0 Å². The summed E-state index contributed by atoms with van der Waals surface area (Å²) in [6.45, 7) is 1.88. The van der Waals surface area contributed by atoms with E-state index in [9.17, 15) is 0 Å². The van der Waals surface area contributed by atoms with Crippen LogP contribution in [0.4, 0.5) is 22.7 Å². The highest BCUT2D eigenvalue weighted by Crippen LogP contribution is 2.31. The quantitative estimate of drug-likeness (QED) is 0.248. The van der Waals surface area contributed by atoms with Crippen LogP contribution in [0.2, 0.25) is 0 Å². The molecule has 0 unspecified atom stereocenters. The van der Waals surface area contributed by atoms with Gasteiger partial charge in [-0.05, 0) is 73.4 Å². The Morgan fingerprint density at radius 2 is 0.943 bits per heavy atom. The Bertz CT molecular complexity index is 1170. The van der Waals surface area contributed by atoms with Crippen LogP contribution in [0.3, 0.4) is 0 Å². The number of hydrogen-bond donors (Lipinski definition) is 0. The number of allylic oxidation sites excluding steroid dienone is 2. The summed E-state index contributed by atoms with van der Waals surface area (Å²) in [6, 6.07) is 42.8. The second kappa shape index (κ2) is 11.4. The summed E-state index contributed by atoms with van der Waals surface area (Å²) in [5.41, 5.74) is 7.90. The molecule has 1 aliphatic carbocycles. The van der Waals surface area contributed by atoms with Crippen LogP contribution in [0.5, 0.6) is 0 Å². The predicted octanol–water partition coefficient (Wildman–Crippen LogP) is 8.70. The van der Waals surface area contributed by atoms with Crippen molar-refractivity contribution in [3.63, 3.8) is 0 Å². The Morgan fingerprint density at radius 1 is 0.514 bits per heavy atom. The zero-order valence-corrected chi connectivity index (χ0v) is 20.1. The number of para-hydroxylation sites is 4. The molecule has 0 saturated heterocycles. The number of rotatable bonds is 9. The third-order valence-electron chi connectivity index (χ3n) is 6.52. The summed E-state index contributed by atoms with van der Waals surface area (Å²) in [5.74, 6) is 0. The van der Waals surface area contributed by atoms with E-state index in [1.165, 1.54) is 33.9 Å². The molecule has 2 nitrogen and oxygen atoms in total. The molecule has 174 valence electrons. The Hall–Kier alpha value is -4.04. The molecule has 0 amide bonds. The molecular weight excluding hydrogens is 424 g/mol. The van der Waals surface area contributed by atoms with Gasteiger partial charge in [-0.2, -0.15) is 0 Å². The standard InChI is InChI=1S/C33H32N2/c1-5-15-30(16-6-1)34(31-17-7-2-8-18-31)25-13-14-28-23-24-29(26-28)27-35(32-19-9-3-10-20-32)33-21-11-4-12-22-33/h1-12,14-22,26H,13,23-25,27H2/b28-14-. The molecule has 0 aliphatic heterocycles. The zero-order valence-electron chi connectivity index (χ0n) is 20.1. The number of anilines is 4. The molecular formula is C33H32N2. The molecule has 5 rings (SSSR count). The lowest BCUT2D eigenvalue weighted by Crippen LogP contribution is -2.19. The maximum absolute atomic E-state index is 2.43. The minimum atomic E-state index is 0.922. The first-order valence-electron chi connectivity index (χ1n) is 12.5. The fourth-order valence-electron chi connectivity index (χ4n) is 4.75. The van der Waals surface area contributed by atoms with Gasteiger partial charge in [0.05, 0.1) is 0 Å². The Morgan fingerprint density at radius 3 is 1.40 bits per heavy atom. The van der Waals surface area contributed by atoms with Gasteiger partial charge in [-0.25, -0.2) is 0 Å². The largest absolute Gasteiger partial charge is 0.341 e. The normalized spacial score (nSPS) is 14.1. The van der Waals surface area contributed by atoms with Crippen molar-refractivity contribution in [2.75, 3.05) is 22.9 Å². The van der Waals surface area contributed by atoms with Gasteiger partial charge in [-0.15, -0.1) is 0 Å². The van der Waals surface area contributed by atoms with Crippen molar-refractivity contribution >= 4 is 22.7 Å². The van der Waals surface area contributed by atoms with E-state index in [4.69, 9.17) is 0 Å². The lowest BCUT2D eigenvalue weighted by molar-refractivity contribution is 0.913. The molecule has 0 bridgehead atoms. The molecule has 0 heterocycles. The van der Waals surface area contributed by atoms with Gasteiger partial charge in [0.25, 0.3) is 0 Å². The molecule has 0 aromatic heterocycles. The molecule has 4 aromatic rings. The van der Waals surface area contributed by atoms with Crippen molar-refractivity contribution in [2.45, 2.75) is 19.3 Å². The summed E-state index contributed by atoms with van der Waals surface area (Å²) in [4.78, 5) is 4.82. The highest BCUT2D eigenvalue weighted by Gasteiger charge is 2.16. The van der Waals surface area contributed by atoms with Crippen molar-refractivity contribution in [3.8, 4) is 0 Å². The molecule has 1 aliphatic rings. The molecule has 4 aromatic carbocycles. The molecule has 0 spiro atoms. The molecule has 0 fully saturated rings. The minimum Gasteiger partial charge on any atom is -0.341 e. The smallest absolute Gasteiger partial charge is 0.0444 e. The van der Waals surface area contributed by atoms with Crippen LogP contribution in [-0.2, 0) is 0 Å². The molecule has 0 atom stereocenters. The average Bonchev–Trinajstić information content (AvgIpc) is 3.39. The maximum atomic E-state index is 2.43. The van der Waals surface area contributed by atoms with Crippen molar-refractivity contribution in [1.82, 2.24) is 0 Å². The SMILES string of the molecule is C1=C(CN(c2ccccc2)c2ccccc2)CC/C1=C/CCN(c1ccccc1)c1ccccc1. The van der Waals surface area contributed by atoms with E-state index < -0.39 is 0 Å². The second-order valence-corrected chi connectivity index (χ2v) is 8.95. The van der Waals surface area contributed by atoms with Gasteiger partial charge in [0.2, 0.25) is 0 Å². The summed E-state index contributed by atoms with van der Waals surface area (Å²) in [5, 5.41) is 0. The third kappa shape index (κ3) is 5.91. The van der Waals surface area contributed by atoms with E-state index in [-0.39, 0.29) is 0 Å². The zero-order chi connectivity index (χ0) is 23.7. The van der Waals surface area contributed by atoms with Crippen molar-refractivity contribution < 1.29 is 0 Å². The van der Waals surface area contributed by atoms with Gasteiger partial charge < -0.3 is 9.80 Å². The second-order valence-electron chi connectivity index (χ2n) is 8.95. The van der Waals surface area contributed by atoms with Crippen LogP contribution in [-0.4, -0.2) is 13.1 Å². The third-order valence-corrected chi connectivity index (χ3v) is 6.52. The first kappa shape index (κ1) is 22.7. The molecule has 0 saturated carbocycles. The Balaban J connectivity index is 1.29. The van der Waals surface area contributed by atoms with Gasteiger partial charge in [-0.1, -0.05) is 90.5 Å². The number of hydrogen-bond acceptors (Lipinski definition) is 2. The molecule has 35 heavy (non-hydrogen) atoms. The van der Waals surface area contributed by atoms with E-state index >= 15 is 0 Å². The summed E-state index contributed by atoms with van der Waals surface area (Å²) >= 11 is 0. The van der Waals surface area contributed by atoms with Crippen LogP contribution < -0.4 is 9.80 Å². The van der Waals surface area contributed by atoms with Crippen molar-refractivity contribution in [3.05, 3.63) is 145 Å². The Kier molecular flexibility index (Phi) is 7.40. The van der Waals surface area contributed by atoms with E-state index in [0.29, 0.717) is 0 Å². The van der Waals surface area contributed by atoms with E-state index in [1.807, 2.05) is 0 Å². The van der Waals surface area contributed by atoms with Gasteiger partial charge in [-0.3, -0.25) is 0 Å². The fourth-order valence-corrected chi connectivity index (χ4v) is 4.75. The summed E-state index contributed by atoms with van der Waals surface area (Å²) in [6.07, 6.45) is 8.13. The minimum absolute atomic E-state index is 0.922. The monoisotopic (exact) mass is 456 g/mol.